The molecule has 19 heavy (non-hydrogen) atoms. The van der Waals surface area contributed by atoms with E-state index in [1.165, 1.54) is 6.33 Å². The molecule has 0 saturated carbocycles. The van der Waals surface area contributed by atoms with Crippen molar-refractivity contribution in [1.82, 2.24) is 24.4 Å². The molecule has 2 aromatic heterocycles. The predicted octanol–water partition coefficient (Wildman–Crippen LogP) is 1.39. The number of aryl methyl sites for hydroxylation is 1. The zero-order chi connectivity index (χ0) is 13.2. The van der Waals surface area contributed by atoms with Crippen LogP contribution in [0.15, 0.2) is 24.9 Å². The Hall–Kier alpha value is -2.11. The van der Waals surface area contributed by atoms with Crippen LogP contribution >= 0.6 is 0 Å². The number of amides is 1. The van der Waals surface area contributed by atoms with Crippen LogP contribution in [0, 0.1) is 6.92 Å². The van der Waals surface area contributed by atoms with Gasteiger partial charge in [0.25, 0.3) is 5.91 Å². The highest BCUT2D eigenvalue weighted by Gasteiger charge is 2.26. The number of rotatable bonds is 2. The van der Waals surface area contributed by atoms with E-state index in [9.17, 15) is 4.79 Å². The van der Waals surface area contributed by atoms with E-state index in [0.717, 1.165) is 31.8 Å². The summed E-state index contributed by atoms with van der Waals surface area (Å²) < 4.78 is 2.16. The SMILES string of the molecule is Cc1nccn1[C@@H]1CCCN(C(=O)c2cnc[nH]2)C1. The smallest absolute Gasteiger partial charge is 0.271 e. The molecule has 1 fully saturated rings. The van der Waals surface area contributed by atoms with Crippen LogP contribution in [0.5, 0.6) is 0 Å². The van der Waals surface area contributed by atoms with Crippen molar-refractivity contribution < 1.29 is 4.79 Å². The lowest BCUT2D eigenvalue weighted by atomic mass is 10.1. The summed E-state index contributed by atoms with van der Waals surface area (Å²) in [6.45, 7) is 3.53. The van der Waals surface area contributed by atoms with Crippen molar-refractivity contribution in [2.75, 3.05) is 13.1 Å². The van der Waals surface area contributed by atoms with Gasteiger partial charge < -0.3 is 14.5 Å². The van der Waals surface area contributed by atoms with E-state index >= 15 is 0 Å². The van der Waals surface area contributed by atoms with Gasteiger partial charge >= 0.3 is 0 Å². The minimum atomic E-state index is 0.0277. The third kappa shape index (κ3) is 2.25. The maximum atomic E-state index is 12.3. The van der Waals surface area contributed by atoms with Gasteiger partial charge in [0, 0.05) is 25.5 Å². The Morgan fingerprint density at radius 3 is 3.11 bits per heavy atom. The summed E-state index contributed by atoms with van der Waals surface area (Å²) in [5, 5.41) is 0. The first-order valence-electron chi connectivity index (χ1n) is 6.53. The van der Waals surface area contributed by atoms with Crippen molar-refractivity contribution in [1.29, 1.82) is 0 Å². The predicted molar refractivity (Wildman–Crippen MR) is 69.7 cm³/mol. The molecule has 0 bridgehead atoms. The monoisotopic (exact) mass is 259 g/mol. The van der Waals surface area contributed by atoms with Crippen LogP contribution in [0.4, 0.5) is 0 Å². The molecule has 1 atom stereocenters. The Kier molecular flexibility index (Phi) is 3.06. The number of nitrogens with zero attached hydrogens (tertiary/aromatic N) is 4. The van der Waals surface area contributed by atoms with E-state index in [0.29, 0.717) is 11.7 Å². The molecule has 3 rings (SSSR count). The van der Waals surface area contributed by atoms with Gasteiger partial charge in [-0.1, -0.05) is 0 Å². The van der Waals surface area contributed by atoms with Gasteiger partial charge in [-0.2, -0.15) is 0 Å². The van der Waals surface area contributed by atoms with Crippen LogP contribution in [0.25, 0.3) is 0 Å². The van der Waals surface area contributed by atoms with Crippen molar-refractivity contribution in [2.45, 2.75) is 25.8 Å². The fourth-order valence-electron chi connectivity index (χ4n) is 2.68. The number of aromatic nitrogens is 4. The number of likely N-dealkylation sites (tertiary alicyclic amines) is 1. The van der Waals surface area contributed by atoms with Crippen LogP contribution in [0.1, 0.15) is 35.2 Å². The lowest BCUT2D eigenvalue weighted by Gasteiger charge is -2.33. The fourth-order valence-corrected chi connectivity index (χ4v) is 2.68. The summed E-state index contributed by atoms with van der Waals surface area (Å²) >= 11 is 0. The highest BCUT2D eigenvalue weighted by Crippen LogP contribution is 2.23. The van der Waals surface area contributed by atoms with Gasteiger partial charge in [-0.05, 0) is 19.8 Å². The summed E-state index contributed by atoms with van der Waals surface area (Å²) in [7, 11) is 0. The van der Waals surface area contributed by atoms with Gasteiger partial charge in [-0.15, -0.1) is 0 Å². The number of carbonyl (C=O) groups is 1. The third-order valence-electron chi connectivity index (χ3n) is 3.67. The van der Waals surface area contributed by atoms with Crippen LogP contribution in [0.3, 0.4) is 0 Å². The van der Waals surface area contributed by atoms with Crippen molar-refractivity contribution in [3.05, 3.63) is 36.4 Å². The Labute approximate surface area is 111 Å². The Morgan fingerprint density at radius 2 is 2.42 bits per heavy atom. The lowest BCUT2D eigenvalue weighted by Crippen LogP contribution is -2.41. The van der Waals surface area contributed by atoms with Crippen molar-refractivity contribution in [3.63, 3.8) is 0 Å². The van der Waals surface area contributed by atoms with Crippen LogP contribution in [0.2, 0.25) is 0 Å². The second-order valence-electron chi connectivity index (χ2n) is 4.89. The second-order valence-corrected chi connectivity index (χ2v) is 4.89. The number of nitrogens with one attached hydrogen (secondary N) is 1. The number of hydrogen-bond donors (Lipinski definition) is 1. The molecule has 1 N–H and O–H groups in total. The summed E-state index contributed by atoms with van der Waals surface area (Å²) in [4.78, 5) is 25.2. The largest absolute Gasteiger partial charge is 0.341 e. The van der Waals surface area contributed by atoms with Crippen molar-refractivity contribution >= 4 is 5.91 Å². The summed E-state index contributed by atoms with van der Waals surface area (Å²) in [6.07, 6.45) is 9.02. The molecule has 1 amide bonds. The Morgan fingerprint density at radius 1 is 1.53 bits per heavy atom. The maximum Gasteiger partial charge on any atom is 0.271 e. The van der Waals surface area contributed by atoms with Crippen molar-refractivity contribution in [3.8, 4) is 0 Å². The molecule has 0 unspecified atom stereocenters. The minimum absolute atomic E-state index is 0.0277. The molecule has 0 aliphatic carbocycles. The molecule has 100 valence electrons. The molecule has 0 radical (unpaired) electrons. The maximum absolute atomic E-state index is 12.3. The fraction of sp³-hybridized carbons (Fsp3) is 0.462. The van der Waals surface area contributed by atoms with Gasteiger partial charge in [0.05, 0.1) is 18.6 Å². The molecule has 0 spiro atoms. The number of piperidine rings is 1. The molecular formula is C13H17N5O. The summed E-state index contributed by atoms with van der Waals surface area (Å²) in [5.74, 6) is 1.03. The third-order valence-corrected chi connectivity index (χ3v) is 3.67. The molecule has 0 aromatic carbocycles. The zero-order valence-electron chi connectivity index (χ0n) is 10.9. The number of aromatic amines is 1. The normalized spacial score (nSPS) is 19.6. The first-order valence-corrected chi connectivity index (χ1v) is 6.53. The van der Waals surface area contributed by atoms with Crippen molar-refractivity contribution in [2.24, 2.45) is 0 Å². The Bertz CT molecular complexity index is 559. The van der Waals surface area contributed by atoms with E-state index in [1.807, 2.05) is 24.2 Å². The average molecular weight is 259 g/mol. The second kappa shape index (κ2) is 4.87. The van der Waals surface area contributed by atoms with E-state index in [1.54, 1.807) is 6.20 Å². The molecule has 3 heterocycles. The van der Waals surface area contributed by atoms with Gasteiger partial charge in [0.1, 0.15) is 11.5 Å². The van der Waals surface area contributed by atoms with Gasteiger partial charge in [-0.25, -0.2) is 9.97 Å². The van der Waals surface area contributed by atoms with Crippen LogP contribution in [-0.2, 0) is 0 Å². The first-order chi connectivity index (χ1) is 9.25. The minimum Gasteiger partial charge on any atom is -0.341 e. The number of imidazole rings is 2. The molecule has 2 aromatic rings. The standard InChI is InChI=1S/C13H17N5O/c1-10-15-4-6-18(10)11-3-2-5-17(8-11)13(19)12-7-14-9-16-12/h4,6-7,9,11H,2-3,5,8H2,1H3,(H,14,16)/t11-/m1/s1. The van der Waals surface area contributed by atoms with Gasteiger partial charge in [0.2, 0.25) is 0 Å². The van der Waals surface area contributed by atoms with Crippen LogP contribution < -0.4 is 0 Å². The number of carbonyl (C=O) groups excluding carboxylic acids is 1. The topological polar surface area (TPSA) is 66.8 Å². The molecule has 6 heteroatoms. The molecular weight excluding hydrogens is 242 g/mol. The average Bonchev–Trinajstić information content (AvgIpc) is 3.09. The highest BCUT2D eigenvalue weighted by molar-refractivity contribution is 5.92. The van der Waals surface area contributed by atoms with Gasteiger partial charge in [0.15, 0.2) is 0 Å². The van der Waals surface area contributed by atoms with E-state index < -0.39 is 0 Å². The quantitative estimate of drug-likeness (QED) is 0.886. The number of H-pyrrole nitrogens is 1. The molecule has 1 aliphatic heterocycles. The summed E-state index contributed by atoms with van der Waals surface area (Å²) in [6, 6.07) is 0.322. The van der Waals surface area contributed by atoms with E-state index in [2.05, 4.69) is 19.5 Å². The molecule has 6 nitrogen and oxygen atoms in total. The molecule has 1 saturated heterocycles. The zero-order valence-corrected chi connectivity index (χ0v) is 10.9. The van der Waals surface area contributed by atoms with E-state index in [-0.39, 0.29) is 5.91 Å². The van der Waals surface area contributed by atoms with E-state index in [4.69, 9.17) is 0 Å². The summed E-state index contributed by atoms with van der Waals surface area (Å²) in [5.41, 5.74) is 0.558. The molecule has 1 aliphatic rings. The highest BCUT2D eigenvalue weighted by atomic mass is 16.2. The van der Waals surface area contributed by atoms with Crippen LogP contribution in [-0.4, -0.2) is 43.4 Å². The lowest BCUT2D eigenvalue weighted by molar-refractivity contribution is 0.0673. The number of hydrogen-bond acceptors (Lipinski definition) is 3. The van der Waals surface area contributed by atoms with Gasteiger partial charge in [-0.3, -0.25) is 4.79 Å². The first kappa shape index (κ1) is 12.0. The Balaban J connectivity index is 1.75.